The molecule has 0 aromatic heterocycles. The minimum atomic E-state index is -0.255. The van der Waals surface area contributed by atoms with Gasteiger partial charge in [0.25, 0.3) is 0 Å². The maximum atomic E-state index is 13.1. The van der Waals surface area contributed by atoms with Gasteiger partial charge < -0.3 is 20.1 Å². The monoisotopic (exact) mass is 473 g/mol. The number of guanidine groups is 1. The highest BCUT2D eigenvalue weighted by atomic mass is 127. The molecular weight excluding hydrogens is 448 g/mol. The van der Waals surface area contributed by atoms with Gasteiger partial charge >= 0.3 is 0 Å². The van der Waals surface area contributed by atoms with Crippen LogP contribution in [0.4, 0.5) is 4.39 Å². The van der Waals surface area contributed by atoms with E-state index in [2.05, 4.69) is 15.6 Å². The Bertz CT molecular complexity index is 681. The van der Waals surface area contributed by atoms with Gasteiger partial charge in [0.2, 0.25) is 0 Å². The van der Waals surface area contributed by atoms with E-state index in [0.717, 1.165) is 22.8 Å². The van der Waals surface area contributed by atoms with Crippen LogP contribution < -0.4 is 15.4 Å². The van der Waals surface area contributed by atoms with Gasteiger partial charge in [-0.2, -0.15) is 0 Å². The van der Waals surface area contributed by atoms with E-state index in [1.165, 1.54) is 12.1 Å². The number of methoxy groups -OCH3 is 1. The van der Waals surface area contributed by atoms with Crippen molar-refractivity contribution in [3.63, 3.8) is 0 Å². The third kappa shape index (κ3) is 8.01. The Morgan fingerprint density at radius 3 is 2.50 bits per heavy atom. The molecule has 2 N–H and O–H groups in total. The van der Waals surface area contributed by atoms with E-state index in [4.69, 9.17) is 9.47 Å². The first-order valence-electron chi connectivity index (χ1n) is 8.11. The van der Waals surface area contributed by atoms with E-state index in [-0.39, 0.29) is 29.8 Å². The van der Waals surface area contributed by atoms with Crippen LogP contribution in [0, 0.1) is 5.82 Å². The van der Waals surface area contributed by atoms with Crippen molar-refractivity contribution in [2.75, 3.05) is 27.3 Å². The number of hydrogen-bond donors (Lipinski definition) is 2. The topological polar surface area (TPSA) is 54.9 Å². The smallest absolute Gasteiger partial charge is 0.191 e. The average Bonchev–Trinajstić information content (AvgIpc) is 2.64. The summed E-state index contributed by atoms with van der Waals surface area (Å²) in [7, 11) is 3.39. The summed E-state index contributed by atoms with van der Waals surface area (Å²) in [5.41, 5.74) is 1.91. The van der Waals surface area contributed by atoms with Crippen LogP contribution in [0.25, 0.3) is 0 Å². The third-order valence-corrected chi connectivity index (χ3v) is 3.50. The number of benzene rings is 2. The summed E-state index contributed by atoms with van der Waals surface area (Å²) in [6.45, 7) is 2.31. The standard InChI is InChI=1S/C19H24FN3O2.HI/c1-21-19(22-10-11-24-2)23-13-15-6-8-18(9-7-15)25-14-16-4-3-5-17(20)12-16;/h3-9,12H,10-11,13-14H2,1-2H3,(H2,21,22,23);1H. The number of rotatable bonds is 8. The second-order valence-electron chi connectivity index (χ2n) is 5.41. The van der Waals surface area contributed by atoms with Crippen LogP contribution in [0.15, 0.2) is 53.5 Å². The van der Waals surface area contributed by atoms with Crippen molar-refractivity contribution in [1.29, 1.82) is 0 Å². The number of aliphatic imine (C=N–C) groups is 1. The van der Waals surface area contributed by atoms with Gasteiger partial charge in [-0.05, 0) is 35.4 Å². The lowest BCUT2D eigenvalue weighted by molar-refractivity contribution is 0.203. The molecule has 5 nitrogen and oxygen atoms in total. The predicted molar refractivity (Wildman–Crippen MR) is 113 cm³/mol. The van der Waals surface area contributed by atoms with Crippen LogP contribution in [0.5, 0.6) is 5.75 Å². The Kier molecular flexibility index (Phi) is 10.6. The normalized spacial score (nSPS) is 10.8. The lowest BCUT2D eigenvalue weighted by atomic mass is 10.2. The zero-order chi connectivity index (χ0) is 17.9. The van der Waals surface area contributed by atoms with E-state index in [1.807, 2.05) is 30.3 Å². The summed E-state index contributed by atoms with van der Waals surface area (Å²) in [6, 6.07) is 14.2. The fourth-order valence-corrected chi connectivity index (χ4v) is 2.17. The summed E-state index contributed by atoms with van der Waals surface area (Å²) in [4.78, 5) is 4.15. The largest absolute Gasteiger partial charge is 0.489 e. The molecule has 2 aromatic carbocycles. The van der Waals surface area contributed by atoms with E-state index in [0.29, 0.717) is 26.3 Å². The summed E-state index contributed by atoms with van der Waals surface area (Å²) in [5.74, 6) is 1.22. The van der Waals surface area contributed by atoms with E-state index in [9.17, 15) is 4.39 Å². The number of nitrogens with one attached hydrogen (secondary N) is 2. The molecule has 0 unspecified atom stereocenters. The average molecular weight is 473 g/mol. The lowest BCUT2D eigenvalue weighted by Crippen LogP contribution is -2.38. The minimum Gasteiger partial charge on any atom is -0.489 e. The molecule has 142 valence electrons. The summed E-state index contributed by atoms with van der Waals surface area (Å²) in [6.07, 6.45) is 0. The van der Waals surface area contributed by atoms with Crippen molar-refractivity contribution in [3.8, 4) is 5.75 Å². The summed E-state index contributed by atoms with van der Waals surface area (Å²) in [5, 5.41) is 6.38. The van der Waals surface area contributed by atoms with Gasteiger partial charge in [-0.1, -0.05) is 24.3 Å². The molecule has 2 rings (SSSR count). The Labute approximate surface area is 171 Å². The predicted octanol–water partition coefficient (Wildman–Crippen LogP) is 3.33. The Balaban J connectivity index is 0.00000338. The van der Waals surface area contributed by atoms with Gasteiger partial charge in [0.1, 0.15) is 18.2 Å². The Morgan fingerprint density at radius 1 is 1.08 bits per heavy atom. The highest BCUT2D eigenvalue weighted by Crippen LogP contribution is 2.14. The molecule has 7 heteroatoms. The molecule has 0 fully saturated rings. The van der Waals surface area contributed by atoms with Gasteiger partial charge in [0, 0.05) is 27.2 Å². The van der Waals surface area contributed by atoms with Crippen LogP contribution in [0.2, 0.25) is 0 Å². The van der Waals surface area contributed by atoms with Crippen molar-refractivity contribution in [3.05, 3.63) is 65.5 Å². The lowest BCUT2D eigenvalue weighted by Gasteiger charge is -2.12. The zero-order valence-corrected chi connectivity index (χ0v) is 17.3. The zero-order valence-electron chi connectivity index (χ0n) is 15.0. The van der Waals surface area contributed by atoms with Crippen molar-refractivity contribution in [1.82, 2.24) is 10.6 Å². The van der Waals surface area contributed by atoms with Gasteiger partial charge in [0.05, 0.1) is 6.61 Å². The number of nitrogens with zero attached hydrogens (tertiary/aromatic N) is 1. The van der Waals surface area contributed by atoms with E-state index >= 15 is 0 Å². The van der Waals surface area contributed by atoms with Crippen LogP contribution in [0.3, 0.4) is 0 Å². The first-order valence-corrected chi connectivity index (χ1v) is 8.11. The quantitative estimate of drug-likeness (QED) is 0.267. The third-order valence-electron chi connectivity index (χ3n) is 3.50. The van der Waals surface area contributed by atoms with E-state index in [1.54, 1.807) is 20.2 Å². The fourth-order valence-electron chi connectivity index (χ4n) is 2.17. The molecule has 0 heterocycles. The van der Waals surface area contributed by atoms with Gasteiger partial charge in [-0.15, -0.1) is 24.0 Å². The van der Waals surface area contributed by atoms with Gasteiger partial charge in [-0.3, -0.25) is 4.99 Å². The highest BCUT2D eigenvalue weighted by Gasteiger charge is 2.00. The minimum absolute atomic E-state index is 0. The molecule has 0 saturated carbocycles. The molecule has 2 aromatic rings. The molecule has 0 aliphatic heterocycles. The maximum Gasteiger partial charge on any atom is 0.191 e. The Morgan fingerprint density at radius 2 is 1.85 bits per heavy atom. The molecule has 0 aliphatic carbocycles. The summed E-state index contributed by atoms with van der Waals surface area (Å²) < 4.78 is 23.8. The SMILES string of the molecule is CN=C(NCCOC)NCc1ccc(OCc2cccc(F)c2)cc1.I. The molecule has 0 atom stereocenters. The van der Waals surface area contributed by atoms with E-state index < -0.39 is 0 Å². The van der Waals surface area contributed by atoms with Crippen LogP contribution in [-0.4, -0.2) is 33.3 Å². The maximum absolute atomic E-state index is 13.1. The van der Waals surface area contributed by atoms with Crippen LogP contribution in [0.1, 0.15) is 11.1 Å². The number of hydrogen-bond acceptors (Lipinski definition) is 3. The first kappa shape index (κ1) is 22.2. The molecule has 0 bridgehead atoms. The second-order valence-corrected chi connectivity index (χ2v) is 5.41. The fraction of sp³-hybridized carbons (Fsp3) is 0.316. The van der Waals surface area contributed by atoms with Crippen LogP contribution >= 0.6 is 24.0 Å². The first-order chi connectivity index (χ1) is 12.2. The molecule has 0 amide bonds. The molecule has 0 radical (unpaired) electrons. The number of halogens is 2. The number of ether oxygens (including phenoxy) is 2. The van der Waals surface area contributed by atoms with Crippen molar-refractivity contribution in [2.45, 2.75) is 13.2 Å². The van der Waals surface area contributed by atoms with Crippen molar-refractivity contribution < 1.29 is 13.9 Å². The summed E-state index contributed by atoms with van der Waals surface area (Å²) >= 11 is 0. The Hall–Kier alpha value is -1.87. The van der Waals surface area contributed by atoms with Crippen molar-refractivity contribution >= 4 is 29.9 Å². The van der Waals surface area contributed by atoms with Gasteiger partial charge in [-0.25, -0.2) is 4.39 Å². The second kappa shape index (κ2) is 12.5. The molecule has 0 spiro atoms. The molecular formula is C19H25FIN3O2. The molecule has 26 heavy (non-hydrogen) atoms. The molecule has 0 saturated heterocycles. The molecule has 0 aliphatic rings. The van der Waals surface area contributed by atoms with Gasteiger partial charge in [0.15, 0.2) is 5.96 Å². The van der Waals surface area contributed by atoms with Crippen LogP contribution in [-0.2, 0) is 17.9 Å². The highest BCUT2D eigenvalue weighted by molar-refractivity contribution is 14.0. The van der Waals surface area contributed by atoms with Crippen molar-refractivity contribution in [2.24, 2.45) is 4.99 Å².